The Bertz CT molecular complexity index is 896. The summed E-state index contributed by atoms with van der Waals surface area (Å²) in [4.78, 5) is 14.7. The van der Waals surface area contributed by atoms with Crippen LogP contribution in [0.1, 0.15) is 16.9 Å². The quantitative estimate of drug-likeness (QED) is 0.458. The van der Waals surface area contributed by atoms with Gasteiger partial charge in [-0.15, -0.1) is 11.3 Å². The molecule has 1 nitrogen and oxygen atoms in total. The van der Waals surface area contributed by atoms with E-state index >= 15 is 0 Å². The average Bonchev–Trinajstić information content (AvgIpc) is 2.98. The molecule has 3 aromatic rings. The van der Waals surface area contributed by atoms with E-state index in [0.29, 0.717) is 12.2 Å². The van der Waals surface area contributed by atoms with Crippen LogP contribution < -0.4 is 0 Å². The van der Waals surface area contributed by atoms with E-state index in [1.807, 2.05) is 11.3 Å². The summed E-state index contributed by atoms with van der Waals surface area (Å²) in [5.41, 5.74) is 5.36. The van der Waals surface area contributed by atoms with Crippen LogP contribution in [-0.4, -0.2) is 5.78 Å². The number of hydrogen-bond donors (Lipinski definition) is 0. The highest BCUT2D eigenvalue weighted by Gasteiger charge is 2.31. The molecule has 2 heteroatoms. The largest absolute Gasteiger partial charge is 0.299 e. The Labute approximate surface area is 120 Å². The molecule has 0 fully saturated rings. The molecule has 1 aromatic heterocycles. The van der Waals surface area contributed by atoms with Crippen LogP contribution in [0.15, 0.2) is 36.4 Å². The van der Waals surface area contributed by atoms with Crippen molar-refractivity contribution in [3.63, 3.8) is 0 Å². The topological polar surface area (TPSA) is 17.1 Å². The normalized spacial score (nSPS) is 15.5. The van der Waals surface area contributed by atoms with Crippen LogP contribution in [0.4, 0.5) is 0 Å². The maximum Gasteiger partial charge on any atom is 0.137 e. The van der Waals surface area contributed by atoms with E-state index in [1.165, 1.54) is 42.8 Å². The smallest absolute Gasteiger partial charge is 0.137 e. The first-order valence-corrected chi connectivity index (χ1v) is 7.83. The van der Waals surface area contributed by atoms with Gasteiger partial charge in [0.15, 0.2) is 0 Å². The minimum Gasteiger partial charge on any atom is -0.299 e. The van der Waals surface area contributed by atoms with Gasteiger partial charge in [-0.25, -0.2) is 0 Å². The lowest BCUT2D eigenvalue weighted by molar-refractivity contribution is -0.118. The first kappa shape index (κ1) is 10.8. The Morgan fingerprint density at radius 3 is 2.60 bits per heavy atom. The molecule has 20 heavy (non-hydrogen) atoms. The monoisotopic (exact) mass is 276 g/mol. The minimum absolute atomic E-state index is 0.390. The van der Waals surface area contributed by atoms with Gasteiger partial charge in [-0.1, -0.05) is 36.4 Å². The van der Waals surface area contributed by atoms with Crippen LogP contribution in [0.2, 0.25) is 0 Å². The van der Waals surface area contributed by atoms with Gasteiger partial charge >= 0.3 is 0 Å². The molecule has 0 atom stereocenters. The average molecular weight is 276 g/mol. The number of benzene rings is 2. The van der Waals surface area contributed by atoms with Crippen LogP contribution in [-0.2, 0) is 17.6 Å². The van der Waals surface area contributed by atoms with Crippen molar-refractivity contribution in [3.8, 4) is 21.6 Å². The number of ketones is 1. The number of rotatable bonds is 0. The summed E-state index contributed by atoms with van der Waals surface area (Å²) in [6, 6.07) is 13.1. The van der Waals surface area contributed by atoms with Gasteiger partial charge in [0.25, 0.3) is 0 Å². The number of aryl methyl sites for hydroxylation is 1. The molecule has 2 aromatic carbocycles. The first-order valence-electron chi connectivity index (χ1n) is 7.01. The predicted molar refractivity (Wildman–Crippen MR) is 83.3 cm³/mol. The summed E-state index contributed by atoms with van der Waals surface area (Å²) in [5, 5.41) is 2.68. The Morgan fingerprint density at radius 1 is 0.950 bits per heavy atom. The second-order valence-corrected chi connectivity index (χ2v) is 6.74. The van der Waals surface area contributed by atoms with Crippen molar-refractivity contribution in [2.45, 2.75) is 19.3 Å². The Morgan fingerprint density at radius 2 is 1.75 bits per heavy atom. The van der Waals surface area contributed by atoms with Crippen molar-refractivity contribution in [2.24, 2.45) is 0 Å². The summed E-state index contributed by atoms with van der Waals surface area (Å²) in [6.07, 6.45) is 2.29. The van der Waals surface area contributed by atoms with Crippen molar-refractivity contribution >= 4 is 27.9 Å². The predicted octanol–water partition coefficient (Wildman–Crippen LogP) is 4.61. The molecule has 0 saturated carbocycles. The molecular weight excluding hydrogens is 264 g/mol. The Kier molecular flexibility index (Phi) is 1.94. The fourth-order valence-electron chi connectivity index (χ4n) is 3.65. The summed E-state index contributed by atoms with van der Waals surface area (Å²) < 4.78 is 0. The number of hydrogen-bond acceptors (Lipinski definition) is 2. The van der Waals surface area contributed by atoms with Gasteiger partial charge in [-0.05, 0) is 28.3 Å². The zero-order valence-corrected chi connectivity index (χ0v) is 11.7. The number of carbonyl (C=O) groups is 1. The minimum atomic E-state index is 0.390. The SMILES string of the molecule is O=C1CCc2sc3c(c2C1)-c1cccc2cccc-3c12. The zero-order chi connectivity index (χ0) is 13.3. The molecule has 0 unspecified atom stereocenters. The van der Waals surface area contributed by atoms with Crippen molar-refractivity contribution < 1.29 is 4.79 Å². The van der Waals surface area contributed by atoms with Gasteiger partial charge in [0.2, 0.25) is 0 Å². The number of Topliss-reactive ketones (excluding diaryl/α,β-unsaturated/α-hetero) is 1. The van der Waals surface area contributed by atoms with Gasteiger partial charge in [0.05, 0.1) is 0 Å². The fraction of sp³-hybridized carbons (Fsp3) is 0.167. The number of thiophene rings is 1. The lowest BCUT2D eigenvalue weighted by Gasteiger charge is -2.12. The van der Waals surface area contributed by atoms with Crippen LogP contribution in [0, 0.1) is 0 Å². The molecule has 0 aliphatic heterocycles. The van der Waals surface area contributed by atoms with E-state index < -0.39 is 0 Å². The molecule has 0 N–H and O–H groups in total. The van der Waals surface area contributed by atoms with E-state index in [-0.39, 0.29) is 0 Å². The second-order valence-electron chi connectivity index (χ2n) is 5.63. The van der Waals surface area contributed by atoms with E-state index in [2.05, 4.69) is 36.4 Å². The van der Waals surface area contributed by atoms with Crippen molar-refractivity contribution in [3.05, 3.63) is 46.8 Å². The summed E-state index contributed by atoms with van der Waals surface area (Å²) in [5.74, 6) is 0.390. The van der Waals surface area contributed by atoms with Crippen LogP contribution in [0.3, 0.4) is 0 Å². The molecule has 2 aliphatic rings. The van der Waals surface area contributed by atoms with Gasteiger partial charge in [0.1, 0.15) is 5.78 Å². The van der Waals surface area contributed by atoms with Gasteiger partial charge in [-0.2, -0.15) is 0 Å². The maximum absolute atomic E-state index is 11.8. The number of carbonyl (C=O) groups excluding carboxylic acids is 1. The number of fused-ring (bicyclic) bond motifs is 5. The zero-order valence-electron chi connectivity index (χ0n) is 10.9. The van der Waals surface area contributed by atoms with E-state index in [9.17, 15) is 4.79 Å². The van der Waals surface area contributed by atoms with Crippen LogP contribution in [0.25, 0.3) is 32.3 Å². The standard InChI is InChI=1S/C18H12OS/c19-11-7-8-15-14(9-11)17-12-5-1-3-10-4-2-6-13(16(10)12)18(17)20-15/h1-6H,7-9H2. The highest BCUT2D eigenvalue weighted by Crippen LogP contribution is 2.54. The summed E-state index contributed by atoms with van der Waals surface area (Å²) in [6.45, 7) is 0. The van der Waals surface area contributed by atoms with Gasteiger partial charge < -0.3 is 0 Å². The Balaban J connectivity index is 1.92. The second kappa shape index (κ2) is 3.58. The molecule has 0 spiro atoms. The Hall–Kier alpha value is -1.93. The van der Waals surface area contributed by atoms with E-state index in [4.69, 9.17) is 0 Å². The fourth-order valence-corrected chi connectivity index (χ4v) is 5.02. The maximum atomic E-state index is 11.8. The van der Waals surface area contributed by atoms with Crippen LogP contribution >= 0.6 is 11.3 Å². The third-order valence-corrected chi connectivity index (χ3v) is 5.84. The molecule has 0 radical (unpaired) electrons. The third kappa shape index (κ3) is 1.20. The van der Waals surface area contributed by atoms with Crippen molar-refractivity contribution in [1.82, 2.24) is 0 Å². The molecule has 2 aliphatic carbocycles. The lowest BCUT2D eigenvalue weighted by atomic mass is 9.92. The third-order valence-electron chi connectivity index (χ3n) is 4.51. The summed E-state index contributed by atoms with van der Waals surface area (Å²) >= 11 is 1.90. The molecule has 0 bridgehead atoms. The van der Waals surface area contributed by atoms with Gasteiger partial charge in [0, 0.05) is 33.7 Å². The molecule has 0 amide bonds. The highest BCUT2D eigenvalue weighted by atomic mass is 32.1. The van der Waals surface area contributed by atoms with Crippen molar-refractivity contribution in [1.29, 1.82) is 0 Å². The van der Waals surface area contributed by atoms with Gasteiger partial charge in [-0.3, -0.25) is 4.79 Å². The molecule has 1 heterocycles. The molecular formula is C18H12OS. The molecule has 5 rings (SSSR count). The lowest BCUT2D eigenvalue weighted by Crippen LogP contribution is -2.11. The first-order chi connectivity index (χ1) is 9.83. The van der Waals surface area contributed by atoms with Crippen LogP contribution in [0.5, 0.6) is 0 Å². The summed E-state index contributed by atoms with van der Waals surface area (Å²) in [7, 11) is 0. The van der Waals surface area contributed by atoms with E-state index in [1.54, 1.807) is 0 Å². The highest BCUT2D eigenvalue weighted by molar-refractivity contribution is 7.16. The van der Waals surface area contributed by atoms with Crippen molar-refractivity contribution in [2.75, 3.05) is 0 Å². The molecule has 0 saturated heterocycles. The molecule has 96 valence electrons. The van der Waals surface area contributed by atoms with E-state index in [0.717, 1.165) is 12.8 Å².